The fraction of sp³-hybridized carbons (Fsp3) is 0.833. The molecule has 3 amide bonds. The van der Waals surface area contributed by atoms with E-state index in [1.54, 1.807) is 0 Å². The number of halogens is 2. The van der Waals surface area contributed by atoms with Crippen LogP contribution in [0.15, 0.2) is 0 Å². The normalized spacial score (nSPS) is 27.3. The van der Waals surface area contributed by atoms with Crippen LogP contribution in [0.2, 0.25) is 0 Å². The summed E-state index contributed by atoms with van der Waals surface area (Å²) in [4.78, 5) is 40.0. The molecule has 0 spiro atoms. The molecule has 0 aromatic carbocycles. The summed E-state index contributed by atoms with van der Waals surface area (Å²) < 4.78 is 0.654. The lowest BCUT2D eigenvalue weighted by Gasteiger charge is -2.30. The predicted molar refractivity (Wildman–Crippen MR) is 122 cm³/mol. The number of alkyl halides is 2. The van der Waals surface area contributed by atoms with E-state index in [0.717, 1.165) is 19.4 Å². The first kappa shape index (κ1) is 23.1. The second-order valence-corrected chi connectivity index (χ2v) is 11.2. The summed E-state index contributed by atoms with van der Waals surface area (Å²) in [6, 6.07) is 0.160. The van der Waals surface area contributed by atoms with E-state index in [4.69, 9.17) is 0 Å². The second-order valence-electron chi connectivity index (χ2n) is 7.67. The quantitative estimate of drug-likeness (QED) is 0.371. The van der Waals surface area contributed by atoms with Crippen molar-refractivity contribution < 1.29 is 14.4 Å². The highest BCUT2D eigenvalue weighted by Gasteiger charge is 2.39. The van der Waals surface area contributed by atoms with Gasteiger partial charge in [0, 0.05) is 22.4 Å². The molecule has 0 saturated carbocycles. The monoisotopic (exact) mass is 604 g/mol. The molecule has 154 valence electrons. The first-order valence-corrected chi connectivity index (χ1v) is 12.1. The van der Waals surface area contributed by atoms with E-state index >= 15 is 0 Å². The van der Waals surface area contributed by atoms with Crippen LogP contribution in [0.3, 0.4) is 0 Å². The van der Waals surface area contributed by atoms with E-state index in [0.29, 0.717) is 23.1 Å². The molecule has 2 aliphatic rings. The Morgan fingerprint density at radius 2 is 1.67 bits per heavy atom. The number of hydrogen-bond acceptors (Lipinski definition) is 4. The van der Waals surface area contributed by atoms with E-state index in [2.05, 4.69) is 69.2 Å². The number of nitrogens with one attached hydrogen (secondary N) is 1. The standard InChI is InChI=1S/C18H30I2N4O3/c1-5-12(4)22-8-13(19)6-15(22)17(26)21-7-16(25)23-9-14(20)10-24(23)18(27)11(2)3/h11-15H,5-10H2,1-4H3,(H,21,26). The van der Waals surface area contributed by atoms with Crippen LogP contribution >= 0.6 is 45.2 Å². The lowest BCUT2D eigenvalue weighted by molar-refractivity contribution is -0.159. The third-order valence-electron chi connectivity index (χ3n) is 5.23. The van der Waals surface area contributed by atoms with E-state index in [1.165, 1.54) is 10.0 Å². The van der Waals surface area contributed by atoms with Crippen LogP contribution in [0, 0.1) is 5.92 Å². The Labute approximate surface area is 189 Å². The molecule has 2 aliphatic heterocycles. The third kappa shape index (κ3) is 5.68. The van der Waals surface area contributed by atoms with Crippen molar-refractivity contribution in [2.75, 3.05) is 26.2 Å². The molecule has 0 aliphatic carbocycles. The lowest BCUT2D eigenvalue weighted by atomic mass is 10.1. The maximum Gasteiger partial charge on any atom is 0.260 e. The molecular formula is C18H30I2N4O3. The predicted octanol–water partition coefficient (Wildman–Crippen LogP) is 1.82. The fourth-order valence-corrected chi connectivity index (χ4v) is 5.22. The van der Waals surface area contributed by atoms with Gasteiger partial charge in [-0.3, -0.25) is 24.3 Å². The van der Waals surface area contributed by atoms with Gasteiger partial charge in [0.25, 0.3) is 5.91 Å². The van der Waals surface area contributed by atoms with Gasteiger partial charge in [-0.1, -0.05) is 66.0 Å². The summed E-state index contributed by atoms with van der Waals surface area (Å²) >= 11 is 4.65. The lowest BCUT2D eigenvalue weighted by Crippen LogP contribution is -2.52. The van der Waals surface area contributed by atoms with Crippen molar-refractivity contribution in [1.82, 2.24) is 20.2 Å². The fourth-order valence-electron chi connectivity index (χ4n) is 3.53. The number of amides is 3. The number of carbonyl (C=O) groups is 3. The van der Waals surface area contributed by atoms with E-state index in [9.17, 15) is 14.4 Å². The Kier molecular flexibility index (Phi) is 8.59. The molecule has 2 rings (SSSR count). The van der Waals surface area contributed by atoms with Gasteiger partial charge in [0.2, 0.25) is 11.8 Å². The van der Waals surface area contributed by atoms with Crippen molar-refractivity contribution in [3.05, 3.63) is 0 Å². The second kappa shape index (κ2) is 10.0. The molecule has 9 heteroatoms. The van der Waals surface area contributed by atoms with Crippen LogP contribution in [0.5, 0.6) is 0 Å². The van der Waals surface area contributed by atoms with E-state index in [1.807, 2.05) is 13.8 Å². The molecule has 4 unspecified atom stereocenters. The van der Waals surface area contributed by atoms with Gasteiger partial charge >= 0.3 is 0 Å². The molecule has 0 radical (unpaired) electrons. The molecule has 4 atom stereocenters. The van der Waals surface area contributed by atoms with Crippen LogP contribution in [-0.2, 0) is 14.4 Å². The van der Waals surface area contributed by atoms with Gasteiger partial charge in [-0.15, -0.1) is 0 Å². The van der Waals surface area contributed by atoms with Crippen LogP contribution in [0.4, 0.5) is 0 Å². The van der Waals surface area contributed by atoms with Crippen molar-refractivity contribution >= 4 is 62.9 Å². The Balaban J connectivity index is 1.95. The maximum absolute atomic E-state index is 12.7. The zero-order chi connectivity index (χ0) is 20.3. The minimum Gasteiger partial charge on any atom is -0.346 e. The molecule has 2 fully saturated rings. The van der Waals surface area contributed by atoms with Crippen molar-refractivity contribution in [1.29, 1.82) is 0 Å². The van der Waals surface area contributed by atoms with Gasteiger partial charge < -0.3 is 5.32 Å². The molecule has 2 heterocycles. The van der Waals surface area contributed by atoms with Crippen LogP contribution < -0.4 is 5.32 Å². The molecule has 0 aromatic rings. The van der Waals surface area contributed by atoms with Gasteiger partial charge in [0.1, 0.15) is 0 Å². The zero-order valence-electron chi connectivity index (χ0n) is 16.5. The van der Waals surface area contributed by atoms with Gasteiger partial charge in [-0.2, -0.15) is 0 Å². The smallest absolute Gasteiger partial charge is 0.260 e. The number of carbonyl (C=O) groups excluding carboxylic acids is 3. The Hall–Kier alpha value is -0.170. The minimum atomic E-state index is -0.226. The van der Waals surface area contributed by atoms with Crippen LogP contribution in [-0.4, -0.2) is 78.8 Å². The summed E-state index contributed by atoms with van der Waals surface area (Å²) in [6.45, 7) is 9.80. The Morgan fingerprint density at radius 1 is 1.04 bits per heavy atom. The van der Waals surface area contributed by atoms with Crippen molar-refractivity contribution in [2.24, 2.45) is 5.92 Å². The third-order valence-corrected chi connectivity index (χ3v) is 6.92. The van der Waals surface area contributed by atoms with E-state index in [-0.39, 0.29) is 40.2 Å². The highest BCUT2D eigenvalue weighted by atomic mass is 127. The first-order chi connectivity index (χ1) is 12.6. The van der Waals surface area contributed by atoms with Crippen LogP contribution in [0.25, 0.3) is 0 Å². The number of likely N-dealkylation sites (tertiary alicyclic amines) is 1. The van der Waals surface area contributed by atoms with E-state index < -0.39 is 0 Å². The highest BCUT2D eigenvalue weighted by molar-refractivity contribution is 14.1. The van der Waals surface area contributed by atoms with Crippen molar-refractivity contribution in [3.63, 3.8) is 0 Å². The summed E-state index contributed by atoms with van der Waals surface area (Å²) in [6.07, 6.45) is 1.80. The summed E-state index contributed by atoms with van der Waals surface area (Å²) in [7, 11) is 0. The average molecular weight is 604 g/mol. The Morgan fingerprint density at radius 3 is 2.26 bits per heavy atom. The number of hydrogen-bond donors (Lipinski definition) is 1. The maximum atomic E-state index is 12.7. The first-order valence-electron chi connectivity index (χ1n) is 9.58. The Bertz CT molecular complexity index is 575. The topological polar surface area (TPSA) is 73.0 Å². The number of hydrazine groups is 1. The largest absolute Gasteiger partial charge is 0.346 e. The summed E-state index contributed by atoms with van der Waals surface area (Å²) in [5, 5.41) is 5.86. The summed E-state index contributed by atoms with van der Waals surface area (Å²) in [5.41, 5.74) is 0. The van der Waals surface area contributed by atoms with Gasteiger partial charge in [0.15, 0.2) is 0 Å². The highest BCUT2D eigenvalue weighted by Crippen LogP contribution is 2.27. The van der Waals surface area contributed by atoms with Gasteiger partial charge in [-0.25, -0.2) is 5.01 Å². The molecule has 0 bridgehead atoms. The molecule has 1 N–H and O–H groups in total. The van der Waals surface area contributed by atoms with Gasteiger partial charge in [0.05, 0.1) is 29.6 Å². The molecule has 2 saturated heterocycles. The zero-order valence-corrected chi connectivity index (χ0v) is 20.8. The number of nitrogens with zero attached hydrogens (tertiary/aromatic N) is 3. The molecule has 27 heavy (non-hydrogen) atoms. The molecule has 7 nitrogen and oxygen atoms in total. The average Bonchev–Trinajstić information content (AvgIpc) is 3.20. The number of rotatable bonds is 6. The van der Waals surface area contributed by atoms with Crippen molar-refractivity contribution in [3.8, 4) is 0 Å². The van der Waals surface area contributed by atoms with Crippen molar-refractivity contribution in [2.45, 2.75) is 60.5 Å². The minimum absolute atomic E-state index is 0.0552. The van der Waals surface area contributed by atoms with Crippen LogP contribution in [0.1, 0.15) is 40.5 Å². The SMILES string of the molecule is CCC(C)N1CC(I)CC1C(=O)NCC(=O)N1CC(I)CN1C(=O)C(C)C. The molecular weight excluding hydrogens is 574 g/mol. The van der Waals surface area contributed by atoms with Gasteiger partial charge in [-0.05, 0) is 19.8 Å². The summed E-state index contributed by atoms with van der Waals surface area (Å²) in [5.74, 6) is -0.537. The molecule has 0 aromatic heterocycles.